The lowest BCUT2D eigenvalue weighted by molar-refractivity contribution is -0.388. The number of amides is 1. The molecule has 1 amide bonds. The minimum absolute atomic E-state index is 0.766. The Morgan fingerprint density at radius 2 is 0.767 bits per heavy atom. The van der Waals surface area contributed by atoms with Gasteiger partial charge in [-0.25, -0.2) is 0 Å². The fourth-order valence-corrected chi connectivity index (χ4v) is 7.61. The van der Waals surface area contributed by atoms with Crippen LogP contribution < -0.4 is 5.32 Å². The van der Waals surface area contributed by atoms with Gasteiger partial charge in [-0.2, -0.15) is 0 Å². The number of aliphatic hydroxyl groups excluding tert-OH is 15. The number of methoxy groups -OCH3 is 1. The van der Waals surface area contributed by atoms with E-state index in [1.165, 1.54) is 7.11 Å². The third-order valence-electron chi connectivity index (χ3n) is 10.9. The summed E-state index contributed by atoms with van der Waals surface area (Å²) in [4.78, 5) is 12.4. The van der Waals surface area contributed by atoms with E-state index in [2.05, 4.69) is 5.32 Å². The first kappa shape index (κ1) is 49.5. The van der Waals surface area contributed by atoms with Crippen molar-refractivity contribution in [2.45, 2.75) is 160 Å². The lowest BCUT2D eigenvalue weighted by atomic mass is 9.94. The van der Waals surface area contributed by atoms with Crippen molar-refractivity contribution in [2.24, 2.45) is 0 Å². The Labute approximate surface area is 340 Å². The summed E-state index contributed by atoms with van der Waals surface area (Å²) in [5.41, 5.74) is 0. The van der Waals surface area contributed by atoms with Crippen LogP contribution in [0.4, 0.5) is 0 Å². The monoisotopic (exact) mass is 883 g/mol. The van der Waals surface area contributed by atoms with Gasteiger partial charge in [-0.1, -0.05) is 0 Å². The van der Waals surface area contributed by atoms with Crippen LogP contribution in [0, 0.1) is 0 Å². The SMILES string of the molecule is CO[C@@H]1OC(CO)[C@@H](O[C@@H]2OC(CO)[C@H](O[C@H]3OC(CO)[C@H](O)[C@H](O[C@@H]4OC(CO)[C@H](O)C(O[C@@H]5OC(CO)[C@H](O)C(O)[C@@H]5O)[C@@H]4NC(C)=O)C3O)C(O)[C@@H]2O)C(O)[C@@H]1O. The fourth-order valence-electron chi connectivity index (χ4n) is 7.61. The molecule has 0 aromatic rings. The molecule has 5 heterocycles. The predicted octanol–water partition coefficient (Wildman–Crippen LogP) is -11.1. The van der Waals surface area contributed by atoms with Crippen molar-refractivity contribution < 1.29 is 129 Å². The van der Waals surface area contributed by atoms with Gasteiger partial charge in [-0.15, -0.1) is 0 Å². The van der Waals surface area contributed by atoms with E-state index in [-0.39, 0.29) is 0 Å². The minimum Gasteiger partial charge on any atom is -0.394 e. The lowest BCUT2D eigenvalue weighted by Crippen LogP contribution is -2.70. The highest BCUT2D eigenvalue weighted by atomic mass is 16.8. The second-order valence-corrected chi connectivity index (χ2v) is 14.9. The minimum atomic E-state index is -2.14. The number of carbonyl (C=O) groups excluding carboxylic acids is 1. The highest BCUT2D eigenvalue weighted by molar-refractivity contribution is 5.73. The number of ether oxygens (including phenoxy) is 10. The first-order valence-corrected chi connectivity index (χ1v) is 19.0. The van der Waals surface area contributed by atoms with Crippen LogP contribution in [0.25, 0.3) is 0 Å². The number of carbonyl (C=O) groups is 1. The molecule has 5 saturated heterocycles. The van der Waals surface area contributed by atoms with Gasteiger partial charge in [-0.05, 0) is 0 Å². The first-order valence-electron chi connectivity index (χ1n) is 19.0. The number of nitrogens with one attached hydrogen (secondary N) is 1. The van der Waals surface area contributed by atoms with Crippen LogP contribution in [0.1, 0.15) is 6.92 Å². The van der Waals surface area contributed by atoms with Crippen LogP contribution in [-0.2, 0) is 52.2 Å². The summed E-state index contributed by atoms with van der Waals surface area (Å²) in [7, 11) is 1.17. The molecule has 25 atom stereocenters. The summed E-state index contributed by atoms with van der Waals surface area (Å²) in [6.07, 6.45) is -43.0. The van der Waals surface area contributed by atoms with E-state index in [1.807, 2.05) is 0 Å². The molecule has 0 radical (unpaired) electrons. The van der Waals surface area contributed by atoms with Crippen molar-refractivity contribution in [3.8, 4) is 0 Å². The van der Waals surface area contributed by atoms with E-state index in [4.69, 9.17) is 47.4 Å². The zero-order valence-electron chi connectivity index (χ0n) is 32.2. The molecule has 5 aliphatic heterocycles. The predicted molar refractivity (Wildman–Crippen MR) is 183 cm³/mol. The second kappa shape index (κ2) is 21.4. The van der Waals surface area contributed by atoms with E-state index < -0.39 is 192 Å². The molecule has 27 nitrogen and oxygen atoms in total. The zero-order valence-corrected chi connectivity index (χ0v) is 32.2. The molecular formula is C33H57NO26. The van der Waals surface area contributed by atoms with Crippen molar-refractivity contribution in [1.82, 2.24) is 5.32 Å². The number of hydrogen-bond donors (Lipinski definition) is 16. The standard InChI is InChI=1S/C33H57NO26/c1-8(40)34-14-27(59-31-21(47)18(44)15(41)9(3-35)53-31)16(42)10(4-36)52-29(14)60-28-17(43)11(5-37)54-33(24(28)50)58-26-13(7-39)56-32(23(49)20(26)46)57-25-12(6-38)55-30(51-2)22(48)19(25)45/h9-33,35-39,41-50H,3-7H2,1-2H3,(H,34,40)/t9?,10?,11?,12?,13?,14-,15-,16-,17-,18?,19?,20?,21-,22-,23-,24?,25+,26-,27?,28-,29-,30+,31-,32-,33+/m0/s1. The van der Waals surface area contributed by atoms with Gasteiger partial charge in [0.25, 0.3) is 0 Å². The third kappa shape index (κ3) is 10.2. The summed E-state index contributed by atoms with van der Waals surface area (Å²) < 4.78 is 55.7. The Morgan fingerprint density at radius 3 is 1.23 bits per heavy atom. The summed E-state index contributed by atoms with van der Waals surface area (Å²) in [6.45, 7) is -3.45. The Bertz CT molecular complexity index is 1340. The van der Waals surface area contributed by atoms with Gasteiger partial charge in [0.2, 0.25) is 5.91 Å². The van der Waals surface area contributed by atoms with Gasteiger partial charge in [0.1, 0.15) is 122 Å². The largest absolute Gasteiger partial charge is 0.394 e. The molecule has 0 saturated carbocycles. The van der Waals surface area contributed by atoms with Crippen LogP contribution in [0.3, 0.4) is 0 Å². The Balaban J connectivity index is 1.35. The molecule has 60 heavy (non-hydrogen) atoms. The maximum absolute atomic E-state index is 12.4. The molecule has 0 bridgehead atoms. The Morgan fingerprint density at radius 1 is 0.417 bits per heavy atom. The number of rotatable bonds is 15. The molecule has 5 aliphatic rings. The van der Waals surface area contributed by atoms with Crippen molar-refractivity contribution >= 4 is 5.91 Å². The molecule has 350 valence electrons. The molecule has 0 aromatic heterocycles. The van der Waals surface area contributed by atoms with Crippen molar-refractivity contribution in [3.63, 3.8) is 0 Å². The fraction of sp³-hybridized carbons (Fsp3) is 0.970. The van der Waals surface area contributed by atoms with E-state index >= 15 is 0 Å². The average Bonchev–Trinajstić information content (AvgIpc) is 3.23. The van der Waals surface area contributed by atoms with Gasteiger partial charge in [0.05, 0.1) is 33.0 Å². The van der Waals surface area contributed by atoms with E-state index in [1.54, 1.807) is 0 Å². The van der Waals surface area contributed by atoms with Gasteiger partial charge in [0.15, 0.2) is 31.5 Å². The quantitative estimate of drug-likeness (QED) is 0.0726. The van der Waals surface area contributed by atoms with Gasteiger partial charge in [-0.3, -0.25) is 4.79 Å². The Hall–Kier alpha value is -1.53. The van der Waals surface area contributed by atoms with Crippen LogP contribution in [0.2, 0.25) is 0 Å². The van der Waals surface area contributed by atoms with Crippen LogP contribution >= 0.6 is 0 Å². The normalized spacial score (nSPS) is 50.3. The number of hydrogen-bond acceptors (Lipinski definition) is 26. The van der Waals surface area contributed by atoms with Crippen molar-refractivity contribution in [2.75, 3.05) is 40.1 Å². The molecule has 0 aliphatic carbocycles. The smallest absolute Gasteiger partial charge is 0.217 e. The first-order chi connectivity index (χ1) is 28.5. The van der Waals surface area contributed by atoms with E-state index in [0.29, 0.717) is 0 Å². The van der Waals surface area contributed by atoms with E-state index in [9.17, 15) is 81.4 Å². The number of aliphatic hydroxyl groups is 15. The maximum atomic E-state index is 12.4. The third-order valence-corrected chi connectivity index (χ3v) is 10.9. The van der Waals surface area contributed by atoms with Gasteiger partial charge in [0, 0.05) is 14.0 Å². The Kier molecular flexibility index (Phi) is 17.7. The molecule has 10 unspecified atom stereocenters. The molecule has 27 heteroatoms. The highest BCUT2D eigenvalue weighted by Gasteiger charge is 2.57. The molecule has 0 aromatic carbocycles. The molecule has 16 N–H and O–H groups in total. The average molecular weight is 884 g/mol. The summed E-state index contributed by atoms with van der Waals surface area (Å²) >= 11 is 0. The summed E-state index contributed by atoms with van der Waals surface area (Å²) in [6, 6.07) is -1.67. The topological polar surface area (TPSA) is 425 Å². The summed E-state index contributed by atoms with van der Waals surface area (Å²) in [5, 5.41) is 161. The van der Waals surface area contributed by atoms with Crippen LogP contribution in [0.15, 0.2) is 0 Å². The zero-order chi connectivity index (χ0) is 44.3. The van der Waals surface area contributed by atoms with Gasteiger partial charge >= 0.3 is 0 Å². The second-order valence-electron chi connectivity index (χ2n) is 14.9. The van der Waals surface area contributed by atoms with Gasteiger partial charge < -0.3 is 129 Å². The molecule has 5 rings (SSSR count). The van der Waals surface area contributed by atoms with Crippen LogP contribution in [-0.4, -0.2) is 276 Å². The summed E-state index contributed by atoms with van der Waals surface area (Å²) in [5.74, 6) is -0.799. The van der Waals surface area contributed by atoms with E-state index in [0.717, 1.165) is 6.92 Å². The van der Waals surface area contributed by atoms with Crippen molar-refractivity contribution in [3.05, 3.63) is 0 Å². The maximum Gasteiger partial charge on any atom is 0.217 e. The molecular weight excluding hydrogens is 826 g/mol. The molecule has 0 spiro atoms. The lowest BCUT2D eigenvalue weighted by Gasteiger charge is -2.50. The molecule has 5 fully saturated rings. The highest BCUT2D eigenvalue weighted by Crippen LogP contribution is 2.36. The van der Waals surface area contributed by atoms with Crippen molar-refractivity contribution in [1.29, 1.82) is 0 Å². The van der Waals surface area contributed by atoms with Crippen LogP contribution in [0.5, 0.6) is 0 Å².